The third-order valence-corrected chi connectivity index (χ3v) is 4.32. The van der Waals surface area contributed by atoms with Gasteiger partial charge in [-0.15, -0.1) is 0 Å². The van der Waals surface area contributed by atoms with E-state index < -0.39 is 0 Å². The zero-order valence-electron chi connectivity index (χ0n) is 13.8. The summed E-state index contributed by atoms with van der Waals surface area (Å²) < 4.78 is 0. The Morgan fingerprint density at radius 2 is 2.22 bits per heavy atom. The lowest BCUT2D eigenvalue weighted by Gasteiger charge is -2.23. The predicted octanol–water partition coefficient (Wildman–Crippen LogP) is 1.89. The van der Waals surface area contributed by atoms with Crippen LogP contribution in [0.4, 0.5) is 0 Å². The number of rotatable bonds is 4. The number of carbonyl (C=O) groups is 1. The van der Waals surface area contributed by atoms with Crippen LogP contribution in [0.3, 0.4) is 0 Å². The number of nitrogens with one attached hydrogen (secondary N) is 3. The number of fused-ring (bicyclic) bond motifs is 1. The summed E-state index contributed by atoms with van der Waals surface area (Å²) in [5.41, 5.74) is 4.53. The SMILES string of the molecule is Cc1cccnc1C(NC(=O)c1n[nH]c2c1CNCC2)C(C)C. The van der Waals surface area contributed by atoms with Crippen molar-refractivity contribution in [3.8, 4) is 0 Å². The highest BCUT2D eigenvalue weighted by Gasteiger charge is 2.26. The van der Waals surface area contributed by atoms with E-state index in [1.54, 1.807) is 6.20 Å². The van der Waals surface area contributed by atoms with Crippen LogP contribution in [0.2, 0.25) is 0 Å². The van der Waals surface area contributed by atoms with Gasteiger partial charge in [-0.2, -0.15) is 5.10 Å². The summed E-state index contributed by atoms with van der Waals surface area (Å²) in [6, 6.07) is 3.80. The topological polar surface area (TPSA) is 82.7 Å². The van der Waals surface area contributed by atoms with Gasteiger partial charge in [-0.3, -0.25) is 14.9 Å². The normalized spacial score (nSPS) is 15.3. The first-order valence-corrected chi connectivity index (χ1v) is 8.07. The Labute approximate surface area is 136 Å². The molecular weight excluding hydrogens is 290 g/mol. The molecule has 0 spiro atoms. The number of carbonyl (C=O) groups excluding carboxylic acids is 1. The van der Waals surface area contributed by atoms with Gasteiger partial charge in [0.2, 0.25) is 0 Å². The lowest BCUT2D eigenvalue weighted by Crippen LogP contribution is -2.34. The zero-order valence-corrected chi connectivity index (χ0v) is 13.8. The number of amides is 1. The van der Waals surface area contributed by atoms with Gasteiger partial charge in [0.05, 0.1) is 11.7 Å². The van der Waals surface area contributed by atoms with Crippen LogP contribution in [0.1, 0.15) is 52.9 Å². The van der Waals surface area contributed by atoms with Gasteiger partial charge < -0.3 is 10.6 Å². The fourth-order valence-electron chi connectivity index (χ4n) is 3.00. The Kier molecular flexibility index (Phi) is 4.43. The van der Waals surface area contributed by atoms with E-state index in [4.69, 9.17) is 0 Å². The molecule has 1 amide bonds. The Hall–Kier alpha value is -2.21. The number of aromatic nitrogens is 3. The van der Waals surface area contributed by atoms with Gasteiger partial charge in [-0.25, -0.2) is 0 Å². The smallest absolute Gasteiger partial charge is 0.272 e. The number of hydrogen-bond donors (Lipinski definition) is 3. The van der Waals surface area contributed by atoms with E-state index in [1.165, 1.54) is 0 Å². The third kappa shape index (κ3) is 3.12. The fraction of sp³-hybridized carbons (Fsp3) is 0.471. The van der Waals surface area contributed by atoms with Crippen LogP contribution in [0.25, 0.3) is 0 Å². The number of pyridine rings is 1. The molecular formula is C17H23N5O. The lowest BCUT2D eigenvalue weighted by molar-refractivity contribution is 0.0918. The van der Waals surface area contributed by atoms with Gasteiger partial charge in [0.1, 0.15) is 0 Å². The molecule has 3 heterocycles. The van der Waals surface area contributed by atoms with Crippen molar-refractivity contribution < 1.29 is 4.79 Å². The summed E-state index contributed by atoms with van der Waals surface area (Å²) in [6.45, 7) is 7.78. The minimum Gasteiger partial charge on any atom is -0.342 e. The first-order chi connectivity index (χ1) is 11.1. The van der Waals surface area contributed by atoms with Crippen molar-refractivity contribution in [2.24, 2.45) is 5.92 Å². The van der Waals surface area contributed by atoms with E-state index in [0.717, 1.165) is 35.5 Å². The lowest BCUT2D eigenvalue weighted by atomic mass is 9.97. The van der Waals surface area contributed by atoms with Crippen molar-refractivity contribution in [2.75, 3.05) is 6.54 Å². The minimum atomic E-state index is -0.144. The minimum absolute atomic E-state index is 0.132. The Bertz CT molecular complexity index is 707. The molecule has 0 saturated heterocycles. The van der Waals surface area contributed by atoms with Crippen LogP contribution in [-0.4, -0.2) is 27.6 Å². The van der Waals surface area contributed by atoms with E-state index in [9.17, 15) is 4.79 Å². The summed E-state index contributed by atoms with van der Waals surface area (Å²) in [6.07, 6.45) is 2.65. The molecule has 1 aliphatic heterocycles. The molecule has 2 aromatic rings. The highest BCUT2D eigenvalue weighted by molar-refractivity contribution is 5.94. The molecule has 23 heavy (non-hydrogen) atoms. The summed E-state index contributed by atoms with van der Waals surface area (Å²) >= 11 is 0. The quantitative estimate of drug-likeness (QED) is 0.805. The van der Waals surface area contributed by atoms with Crippen LogP contribution in [0.5, 0.6) is 0 Å². The van der Waals surface area contributed by atoms with E-state index in [0.29, 0.717) is 12.2 Å². The molecule has 1 unspecified atom stereocenters. The largest absolute Gasteiger partial charge is 0.342 e. The first kappa shape index (κ1) is 15.7. The van der Waals surface area contributed by atoms with E-state index in [-0.39, 0.29) is 17.9 Å². The molecule has 3 rings (SSSR count). The third-order valence-electron chi connectivity index (χ3n) is 4.32. The standard InChI is InChI=1S/C17H23N5O/c1-10(2)14(15-11(3)5-4-7-19-15)20-17(23)16-12-9-18-8-6-13(12)21-22-16/h4-5,7,10,14,18H,6,8-9H2,1-3H3,(H,20,23)(H,21,22). The summed E-state index contributed by atoms with van der Waals surface area (Å²) in [4.78, 5) is 17.2. The molecule has 0 aliphatic carbocycles. The van der Waals surface area contributed by atoms with E-state index >= 15 is 0 Å². The number of aryl methyl sites for hydroxylation is 1. The molecule has 0 bridgehead atoms. The van der Waals surface area contributed by atoms with Gasteiger partial charge in [0.25, 0.3) is 5.91 Å². The van der Waals surface area contributed by atoms with E-state index in [2.05, 4.69) is 39.7 Å². The average Bonchev–Trinajstić information content (AvgIpc) is 2.97. The number of hydrogen-bond acceptors (Lipinski definition) is 4. The molecule has 122 valence electrons. The van der Waals surface area contributed by atoms with Crippen molar-refractivity contribution in [3.05, 3.63) is 46.5 Å². The molecule has 0 fully saturated rings. The van der Waals surface area contributed by atoms with Crippen molar-refractivity contribution >= 4 is 5.91 Å². The molecule has 2 aromatic heterocycles. The highest BCUT2D eigenvalue weighted by Crippen LogP contribution is 2.24. The van der Waals surface area contributed by atoms with Crippen LogP contribution in [0.15, 0.2) is 18.3 Å². The molecule has 6 heteroatoms. The van der Waals surface area contributed by atoms with Gasteiger partial charge in [0, 0.05) is 37.0 Å². The number of aromatic amines is 1. The van der Waals surface area contributed by atoms with Gasteiger partial charge in [0.15, 0.2) is 5.69 Å². The maximum absolute atomic E-state index is 12.7. The second kappa shape index (κ2) is 6.50. The second-order valence-corrected chi connectivity index (χ2v) is 6.36. The number of H-pyrrole nitrogens is 1. The molecule has 6 nitrogen and oxygen atoms in total. The molecule has 1 atom stereocenters. The van der Waals surface area contributed by atoms with Gasteiger partial charge >= 0.3 is 0 Å². The van der Waals surface area contributed by atoms with Crippen molar-refractivity contribution in [3.63, 3.8) is 0 Å². The van der Waals surface area contributed by atoms with Crippen molar-refractivity contribution in [1.29, 1.82) is 0 Å². The maximum Gasteiger partial charge on any atom is 0.272 e. The van der Waals surface area contributed by atoms with Crippen LogP contribution in [0, 0.1) is 12.8 Å². The van der Waals surface area contributed by atoms with Crippen molar-refractivity contribution in [1.82, 2.24) is 25.8 Å². The summed E-state index contributed by atoms with van der Waals surface area (Å²) in [5.74, 6) is 0.0930. The fourth-order valence-corrected chi connectivity index (χ4v) is 3.00. The molecule has 0 aromatic carbocycles. The molecule has 0 saturated carbocycles. The van der Waals surface area contributed by atoms with E-state index in [1.807, 2.05) is 19.1 Å². The maximum atomic E-state index is 12.7. The summed E-state index contributed by atoms with van der Waals surface area (Å²) in [5, 5.41) is 13.6. The number of nitrogens with zero attached hydrogens (tertiary/aromatic N) is 2. The monoisotopic (exact) mass is 313 g/mol. The Morgan fingerprint density at radius 1 is 1.39 bits per heavy atom. The Balaban J connectivity index is 1.85. The van der Waals surface area contributed by atoms with Crippen LogP contribution >= 0.6 is 0 Å². The molecule has 1 aliphatic rings. The summed E-state index contributed by atoms with van der Waals surface area (Å²) in [7, 11) is 0. The van der Waals surface area contributed by atoms with Crippen molar-refractivity contribution in [2.45, 2.75) is 39.8 Å². The zero-order chi connectivity index (χ0) is 16.4. The first-order valence-electron chi connectivity index (χ1n) is 8.07. The van der Waals surface area contributed by atoms with Crippen LogP contribution in [-0.2, 0) is 13.0 Å². The van der Waals surface area contributed by atoms with Gasteiger partial charge in [-0.1, -0.05) is 19.9 Å². The van der Waals surface area contributed by atoms with Crippen LogP contribution < -0.4 is 10.6 Å². The van der Waals surface area contributed by atoms with Gasteiger partial charge in [-0.05, 0) is 24.5 Å². The Morgan fingerprint density at radius 3 is 2.96 bits per heavy atom. The highest BCUT2D eigenvalue weighted by atomic mass is 16.2. The second-order valence-electron chi connectivity index (χ2n) is 6.36. The molecule has 0 radical (unpaired) electrons. The average molecular weight is 313 g/mol. The molecule has 3 N–H and O–H groups in total. The predicted molar refractivity (Wildman–Crippen MR) is 88.0 cm³/mol.